The van der Waals surface area contributed by atoms with Gasteiger partial charge < -0.3 is 10.6 Å². The lowest BCUT2D eigenvalue weighted by molar-refractivity contribution is 0.579. The van der Waals surface area contributed by atoms with Gasteiger partial charge in [-0.15, -0.1) is 0 Å². The molecule has 0 amide bonds. The Labute approximate surface area is 96.9 Å². The quantitative estimate of drug-likeness (QED) is 0.815. The molecule has 1 fully saturated rings. The molecule has 2 heterocycles. The molecule has 0 bridgehead atoms. The first kappa shape index (κ1) is 11.3. The van der Waals surface area contributed by atoms with Gasteiger partial charge in [0.2, 0.25) is 0 Å². The van der Waals surface area contributed by atoms with Crippen LogP contribution in [-0.2, 0) is 0 Å². The van der Waals surface area contributed by atoms with Crippen molar-refractivity contribution in [2.75, 3.05) is 18.0 Å². The molecule has 1 aromatic rings. The summed E-state index contributed by atoms with van der Waals surface area (Å²) in [6.45, 7) is 7.98. The van der Waals surface area contributed by atoms with Crippen molar-refractivity contribution in [2.45, 2.75) is 33.2 Å². The fraction of sp³-hybridized carbons (Fsp3) is 0.667. The standard InChI is InChI=1S/C12H20N4/c1-8-4-12(15-10(3)14-8)16-7-11(6-13)5-9(16)2/h4,9,11H,5-7,13H2,1-3H3. The maximum absolute atomic E-state index is 5.74. The van der Waals surface area contributed by atoms with Crippen LogP contribution in [0, 0.1) is 19.8 Å². The molecule has 0 aromatic carbocycles. The van der Waals surface area contributed by atoms with Gasteiger partial charge in [-0.05, 0) is 39.7 Å². The van der Waals surface area contributed by atoms with Crippen LogP contribution >= 0.6 is 0 Å². The molecule has 4 heteroatoms. The number of nitrogens with two attached hydrogens (primary N) is 1. The summed E-state index contributed by atoms with van der Waals surface area (Å²) in [4.78, 5) is 11.2. The normalized spacial score (nSPS) is 25.1. The number of anilines is 1. The van der Waals surface area contributed by atoms with Crippen LogP contribution < -0.4 is 10.6 Å². The minimum atomic E-state index is 0.530. The van der Waals surface area contributed by atoms with Crippen LogP contribution in [0.2, 0.25) is 0 Å². The number of rotatable bonds is 2. The molecule has 0 aliphatic carbocycles. The number of nitrogens with zero attached hydrogens (tertiary/aromatic N) is 3. The van der Waals surface area contributed by atoms with Gasteiger partial charge in [0, 0.05) is 24.3 Å². The molecule has 1 aromatic heterocycles. The molecule has 0 saturated carbocycles. The second kappa shape index (κ2) is 4.37. The fourth-order valence-electron chi connectivity index (χ4n) is 2.48. The summed E-state index contributed by atoms with van der Waals surface area (Å²) < 4.78 is 0. The Balaban J connectivity index is 2.24. The highest BCUT2D eigenvalue weighted by Crippen LogP contribution is 2.27. The van der Waals surface area contributed by atoms with Gasteiger partial charge in [-0.1, -0.05) is 0 Å². The Morgan fingerprint density at radius 2 is 2.19 bits per heavy atom. The SMILES string of the molecule is Cc1cc(N2CC(CN)CC2C)nc(C)n1. The van der Waals surface area contributed by atoms with Crippen LogP contribution in [-0.4, -0.2) is 29.1 Å². The van der Waals surface area contributed by atoms with E-state index in [1.165, 1.54) is 6.42 Å². The first-order valence-corrected chi connectivity index (χ1v) is 5.89. The summed E-state index contributed by atoms with van der Waals surface area (Å²) in [6.07, 6.45) is 1.17. The lowest BCUT2D eigenvalue weighted by Crippen LogP contribution is -2.28. The lowest BCUT2D eigenvalue weighted by Gasteiger charge is -2.23. The van der Waals surface area contributed by atoms with E-state index >= 15 is 0 Å². The van der Waals surface area contributed by atoms with E-state index in [1.807, 2.05) is 13.8 Å². The van der Waals surface area contributed by atoms with Gasteiger partial charge in [0.25, 0.3) is 0 Å². The van der Waals surface area contributed by atoms with Crippen LogP contribution in [0.25, 0.3) is 0 Å². The average molecular weight is 220 g/mol. The third-order valence-electron chi connectivity index (χ3n) is 3.24. The van der Waals surface area contributed by atoms with Crippen molar-refractivity contribution in [3.8, 4) is 0 Å². The minimum absolute atomic E-state index is 0.530. The fourth-order valence-corrected chi connectivity index (χ4v) is 2.48. The number of hydrogen-bond acceptors (Lipinski definition) is 4. The zero-order chi connectivity index (χ0) is 11.7. The molecule has 2 N–H and O–H groups in total. The van der Waals surface area contributed by atoms with Crippen molar-refractivity contribution < 1.29 is 0 Å². The molecule has 1 aliphatic heterocycles. The van der Waals surface area contributed by atoms with Crippen molar-refractivity contribution in [3.05, 3.63) is 17.6 Å². The maximum Gasteiger partial charge on any atom is 0.132 e. The van der Waals surface area contributed by atoms with Crippen LogP contribution in [0.1, 0.15) is 24.9 Å². The zero-order valence-electron chi connectivity index (χ0n) is 10.3. The highest BCUT2D eigenvalue weighted by molar-refractivity contribution is 5.42. The number of aromatic nitrogens is 2. The third-order valence-corrected chi connectivity index (χ3v) is 3.24. The summed E-state index contributed by atoms with van der Waals surface area (Å²) in [5.74, 6) is 2.50. The molecular formula is C12H20N4. The molecule has 4 nitrogen and oxygen atoms in total. The summed E-state index contributed by atoms with van der Waals surface area (Å²) in [5, 5.41) is 0. The van der Waals surface area contributed by atoms with E-state index < -0.39 is 0 Å². The van der Waals surface area contributed by atoms with Crippen molar-refractivity contribution in [1.82, 2.24) is 9.97 Å². The lowest BCUT2D eigenvalue weighted by atomic mass is 10.1. The Bertz CT molecular complexity index is 357. The first-order valence-electron chi connectivity index (χ1n) is 5.89. The summed E-state index contributed by atoms with van der Waals surface area (Å²) in [5.41, 5.74) is 6.77. The molecule has 1 aliphatic rings. The van der Waals surface area contributed by atoms with E-state index in [1.54, 1.807) is 0 Å². The molecular weight excluding hydrogens is 200 g/mol. The Morgan fingerprint density at radius 3 is 2.75 bits per heavy atom. The Morgan fingerprint density at radius 1 is 1.44 bits per heavy atom. The highest BCUT2D eigenvalue weighted by atomic mass is 15.2. The summed E-state index contributed by atoms with van der Waals surface area (Å²) in [7, 11) is 0. The first-order chi connectivity index (χ1) is 7.60. The predicted octanol–water partition coefficient (Wildman–Crippen LogP) is 1.27. The average Bonchev–Trinajstić information content (AvgIpc) is 2.58. The third kappa shape index (κ3) is 2.16. The van der Waals surface area contributed by atoms with Crippen LogP contribution in [0.4, 0.5) is 5.82 Å². The smallest absolute Gasteiger partial charge is 0.132 e. The van der Waals surface area contributed by atoms with Gasteiger partial charge in [-0.25, -0.2) is 9.97 Å². The second-order valence-corrected chi connectivity index (χ2v) is 4.75. The molecule has 0 spiro atoms. The van der Waals surface area contributed by atoms with E-state index in [-0.39, 0.29) is 0 Å². The van der Waals surface area contributed by atoms with E-state index in [2.05, 4.69) is 27.9 Å². The molecule has 2 unspecified atom stereocenters. The molecule has 2 rings (SSSR count). The topological polar surface area (TPSA) is 55.0 Å². The van der Waals surface area contributed by atoms with Crippen molar-refractivity contribution in [1.29, 1.82) is 0 Å². The van der Waals surface area contributed by atoms with Gasteiger partial charge >= 0.3 is 0 Å². The van der Waals surface area contributed by atoms with Crippen molar-refractivity contribution >= 4 is 5.82 Å². The molecule has 88 valence electrons. The second-order valence-electron chi connectivity index (χ2n) is 4.75. The monoisotopic (exact) mass is 220 g/mol. The van der Waals surface area contributed by atoms with Crippen molar-refractivity contribution in [3.63, 3.8) is 0 Å². The van der Waals surface area contributed by atoms with Gasteiger partial charge in [-0.2, -0.15) is 0 Å². The van der Waals surface area contributed by atoms with Gasteiger partial charge in [0.1, 0.15) is 11.6 Å². The van der Waals surface area contributed by atoms with E-state index in [0.717, 1.165) is 30.4 Å². The van der Waals surface area contributed by atoms with Gasteiger partial charge in [0.15, 0.2) is 0 Å². The predicted molar refractivity (Wildman–Crippen MR) is 65.5 cm³/mol. The van der Waals surface area contributed by atoms with Crippen LogP contribution in [0.15, 0.2) is 6.07 Å². The van der Waals surface area contributed by atoms with Crippen molar-refractivity contribution in [2.24, 2.45) is 11.7 Å². The maximum atomic E-state index is 5.74. The highest BCUT2D eigenvalue weighted by Gasteiger charge is 2.29. The van der Waals surface area contributed by atoms with Gasteiger partial charge in [0.05, 0.1) is 0 Å². The minimum Gasteiger partial charge on any atom is -0.353 e. The van der Waals surface area contributed by atoms with E-state index in [4.69, 9.17) is 5.73 Å². The summed E-state index contributed by atoms with van der Waals surface area (Å²) >= 11 is 0. The molecule has 1 saturated heterocycles. The Kier molecular flexibility index (Phi) is 3.10. The molecule has 16 heavy (non-hydrogen) atoms. The number of aryl methyl sites for hydroxylation is 2. The van der Waals surface area contributed by atoms with Gasteiger partial charge in [-0.3, -0.25) is 0 Å². The van der Waals surface area contributed by atoms with E-state index in [9.17, 15) is 0 Å². The molecule has 0 radical (unpaired) electrons. The summed E-state index contributed by atoms with van der Waals surface area (Å²) in [6, 6.07) is 2.59. The largest absolute Gasteiger partial charge is 0.353 e. The zero-order valence-corrected chi connectivity index (χ0v) is 10.3. The van der Waals surface area contributed by atoms with E-state index in [0.29, 0.717) is 12.0 Å². The molecule has 2 atom stereocenters. The van der Waals surface area contributed by atoms with Crippen LogP contribution in [0.3, 0.4) is 0 Å². The van der Waals surface area contributed by atoms with Crippen LogP contribution in [0.5, 0.6) is 0 Å². The Hall–Kier alpha value is -1.16. The number of hydrogen-bond donors (Lipinski definition) is 1.